The minimum absolute atomic E-state index is 0.108. The fourth-order valence-electron chi connectivity index (χ4n) is 6.00. The first-order chi connectivity index (χ1) is 18.4. The zero-order valence-corrected chi connectivity index (χ0v) is 24.2. The van der Waals surface area contributed by atoms with Crippen LogP contribution in [0.4, 0.5) is 0 Å². The topological polar surface area (TPSA) is 67.3 Å². The Morgan fingerprint density at radius 2 is 1.42 bits per heavy atom. The Kier molecular flexibility index (Phi) is 13.0. The number of carbonyl (C=O) groups is 2. The van der Waals surface area contributed by atoms with E-state index in [0.29, 0.717) is 19.3 Å². The molecule has 2 heterocycles. The van der Waals surface area contributed by atoms with E-state index in [9.17, 15) is 14.7 Å². The van der Waals surface area contributed by atoms with Gasteiger partial charge in [0, 0.05) is 57.6 Å². The van der Waals surface area contributed by atoms with E-state index in [1.54, 1.807) is 0 Å². The summed E-state index contributed by atoms with van der Waals surface area (Å²) in [6.45, 7) is 7.23. The highest BCUT2D eigenvalue weighted by Gasteiger charge is 2.28. The van der Waals surface area contributed by atoms with Gasteiger partial charge < -0.3 is 19.8 Å². The minimum Gasteiger partial charge on any atom is -0.393 e. The van der Waals surface area contributed by atoms with Gasteiger partial charge >= 0.3 is 0 Å². The molecule has 7 heteroatoms. The van der Waals surface area contributed by atoms with Gasteiger partial charge in [0.2, 0.25) is 11.8 Å². The fourth-order valence-corrected chi connectivity index (χ4v) is 6.00. The summed E-state index contributed by atoms with van der Waals surface area (Å²) < 4.78 is 0. The standard InChI is InChI=1S/C31H52N4O3/c1-4-5-7-16-28(36)23-27-24-30(37)34(21-12-17-32(27)2)19-10-11-20-35-22-13-18-33(3)29(25-31(35)38)26-14-8-6-9-15-26/h6,8-9,14-15,27-29,36H,4-5,7,10-13,16-25H2,1-3H3/t27-,28-,29+/m1/s1. The van der Waals surface area contributed by atoms with Gasteiger partial charge in [-0.3, -0.25) is 14.5 Å². The lowest BCUT2D eigenvalue weighted by atomic mass is 9.98. The second kappa shape index (κ2) is 16.2. The molecule has 0 spiro atoms. The summed E-state index contributed by atoms with van der Waals surface area (Å²) in [6, 6.07) is 10.6. The van der Waals surface area contributed by atoms with Crippen LogP contribution >= 0.6 is 0 Å². The van der Waals surface area contributed by atoms with E-state index in [-0.39, 0.29) is 30.0 Å². The van der Waals surface area contributed by atoms with Crippen LogP contribution in [0.5, 0.6) is 0 Å². The van der Waals surface area contributed by atoms with E-state index in [0.717, 1.165) is 90.6 Å². The maximum Gasteiger partial charge on any atom is 0.224 e. The SMILES string of the molecule is CCCCC[C@@H](O)C[C@@H]1CC(=O)N(CCCCN2CCCN(C)[C@H](c3ccccc3)CC2=O)CCCN1C. The molecule has 0 aliphatic carbocycles. The van der Waals surface area contributed by atoms with E-state index in [4.69, 9.17) is 0 Å². The second-order valence-corrected chi connectivity index (χ2v) is 11.5. The molecule has 2 saturated heterocycles. The molecule has 1 N–H and O–H groups in total. The van der Waals surface area contributed by atoms with Crippen LogP contribution in [0.1, 0.15) is 89.2 Å². The number of hydrogen-bond acceptors (Lipinski definition) is 5. The van der Waals surface area contributed by atoms with Gasteiger partial charge in [0.1, 0.15) is 0 Å². The quantitative estimate of drug-likeness (QED) is 0.410. The average Bonchev–Trinajstić information content (AvgIpc) is 2.90. The summed E-state index contributed by atoms with van der Waals surface area (Å²) in [5.74, 6) is 0.439. The van der Waals surface area contributed by atoms with E-state index in [2.05, 4.69) is 43.0 Å². The molecule has 1 aromatic carbocycles. The minimum atomic E-state index is -0.327. The lowest BCUT2D eigenvalue weighted by molar-refractivity contribution is -0.135. The average molecular weight is 529 g/mol. The highest BCUT2D eigenvalue weighted by Crippen LogP contribution is 2.26. The first-order valence-electron chi connectivity index (χ1n) is 15.1. The number of rotatable bonds is 12. The van der Waals surface area contributed by atoms with Gasteiger partial charge in [0.05, 0.1) is 6.10 Å². The third-order valence-electron chi connectivity index (χ3n) is 8.49. The molecule has 2 amide bonds. The summed E-state index contributed by atoms with van der Waals surface area (Å²) >= 11 is 0. The first-order valence-corrected chi connectivity index (χ1v) is 15.1. The van der Waals surface area contributed by atoms with Crippen molar-refractivity contribution < 1.29 is 14.7 Å². The van der Waals surface area contributed by atoms with Crippen molar-refractivity contribution in [2.24, 2.45) is 0 Å². The maximum atomic E-state index is 13.2. The molecule has 0 unspecified atom stereocenters. The lowest BCUT2D eigenvalue weighted by Crippen LogP contribution is -2.45. The van der Waals surface area contributed by atoms with E-state index >= 15 is 0 Å². The predicted molar refractivity (Wildman–Crippen MR) is 154 cm³/mol. The molecule has 0 radical (unpaired) electrons. The fraction of sp³-hybridized carbons (Fsp3) is 0.742. The Bertz CT molecular complexity index is 836. The highest BCUT2D eigenvalue weighted by molar-refractivity contribution is 5.77. The van der Waals surface area contributed by atoms with Crippen LogP contribution in [0.15, 0.2) is 30.3 Å². The van der Waals surface area contributed by atoms with Crippen molar-refractivity contribution in [3.8, 4) is 0 Å². The van der Waals surface area contributed by atoms with Gasteiger partial charge in [-0.15, -0.1) is 0 Å². The van der Waals surface area contributed by atoms with Gasteiger partial charge in [0.25, 0.3) is 0 Å². The summed E-state index contributed by atoms with van der Waals surface area (Å²) in [5, 5.41) is 10.5. The summed E-state index contributed by atoms with van der Waals surface area (Å²) in [5.41, 5.74) is 1.21. The number of nitrogens with zero attached hydrogens (tertiary/aromatic N) is 4. The molecular weight excluding hydrogens is 476 g/mol. The first kappa shape index (κ1) is 30.6. The van der Waals surface area contributed by atoms with E-state index < -0.39 is 0 Å². The van der Waals surface area contributed by atoms with Crippen LogP contribution in [-0.4, -0.2) is 102 Å². The van der Waals surface area contributed by atoms with Gasteiger partial charge in [-0.05, 0) is 64.7 Å². The Labute approximate surface area is 231 Å². The van der Waals surface area contributed by atoms with Crippen molar-refractivity contribution in [3.63, 3.8) is 0 Å². The van der Waals surface area contributed by atoms with Crippen LogP contribution in [-0.2, 0) is 9.59 Å². The molecule has 2 aliphatic rings. The molecule has 2 fully saturated rings. The van der Waals surface area contributed by atoms with Gasteiger partial charge in [-0.2, -0.15) is 0 Å². The number of hydrogen-bond donors (Lipinski definition) is 1. The van der Waals surface area contributed by atoms with Crippen LogP contribution in [0.3, 0.4) is 0 Å². The Hall–Kier alpha value is -1.96. The molecule has 0 aromatic heterocycles. The Morgan fingerprint density at radius 1 is 0.816 bits per heavy atom. The predicted octanol–water partition coefficient (Wildman–Crippen LogP) is 4.32. The molecule has 1 aromatic rings. The number of unbranched alkanes of at least 4 members (excludes halogenated alkanes) is 3. The molecule has 3 rings (SSSR count). The van der Waals surface area contributed by atoms with Crippen LogP contribution in [0, 0.1) is 0 Å². The van der Waals surface area contributed by atoms with Crippen molar-refractivity contribution in [1.82, 2.24) is 19.6 Å². The van der Waals surface area contributed by atoms with E-state index in [1.807, 2.05) is 28.0 Å². The molecule has 214 valence electrons. The number of carbonyl (C=O) groups excluding carboxylic acids is 2. The molecular formula is C31H52N4O3. The third kappa shape index (κ3) is 9.65. The van der Waals surface area contributed by atoms with Crippen molar-refractivity contribution >= 4 is 11.8 Å². The van der Waals surface area contributed by atoms with Crippen LogP contribution in [0.25, 0.3) is 0 Å². The molecule has 2 aliphatic heterocycles. The Balaban J connectivity index is 1.45. The monoisotopic (exact) mass is 528 g/mol. The van der Waals surface area contributed by atoms with Crippen molar-refractivity contribution in [1.29, 1.82) is 0 Å². The lowest BCUT2D eigenvalue weighted by Gasteiger charge is -2.35. The van der Waals surface area contributed by atoms with Gasteiger partial charge in [-0.25, -0.2) is 0 Å². The number of amides is 2. The zero-order valence-electron chi connectivity index (χ0n) is 24.2. The van der Waals surface area contributed by atoms with Crippen LogP contribution in [0.2, 0.25) is 0 Å². The summed E-state index contributed by atoms with van der Waals surface area (Å²) in [4.78, 5) is 35.0. The number of aliphatic hydroxyl groups excluding tert-OH is 1. The van der Waals surface area contributed by atoms with Crippen molar-refractivity contribution in [2.45, 2.75) is 95.7 Å². The molecule has 7 nitrogen and oxygen atoms in total. The van der Waals surface area contributed by atoms with Crippen molar-refractivity contribution in [2.75, 3.05) is 53.4 Å². The molecule has 3 atom stereocenters. The van der Waals surface area contributed by atoms with Crippen molar-refractivity contribution in [3.05, 3.63) is 35.9 Å². The normalized spacial score (nSPS) is 23.6. The summed E-state index contributed by atoms with van der Waals surface area (Å²) in [6.07, 6.45) is 9.31. The Morgan fingerprint density at radius 3 is 2.05 bits per heavy atom. The smallest absolute Gasteiger partial charge is 0.224 e. The molecule has 0 saturated carbocycles. The van der Waals surface area contributed by atoms with Gasteiger partial charge in [0.15, 0.2) is 0 Å². The maximum absolute atomic E-state index is 13.2. The molecule has 38 heavy (non-hydrogen) atoms. The highest BCUT2D eigenvalue weighted by atomic mass is 16.3. The molecule has 0 bridgehead atoms. The van der Waals surface area contributed by atoms with Gasteiger partial charge in [-0.1, -0.05) is 56.5 Å². The van der Waals surface area contributed by atoms with Crippen LogP contribution < -0.4 is 0 Å². The largest absolute Gasteiger partial charge is 0.393 e. The third-order valence-corrected chi connectivity index (χ3v) is 8.49. The number of aliphatic hydroxyl groups is 1. The van der Waals surface area contributed by atoms with E-state index in [1.165, 1.54) is 5.56 Å². The summed E-state index contributed by atoms with van der Waals surface area (Å²) in [7, 11) is 4.21. The zero-order chi connectivity index (χ0) is 27.3. The number of benzene rings is 1. The second-order valence-electron chi connectivity index (χ2n) is 11.5.